The van der Waals surface area contributed by atoms with Crippen molar-refractivity contribution >= 4 is 22.7 Å². The molecular weight excluding hydrogens is 382 g/mol. The molecule has 8 nitrogen and oxygen atoms in total. The number of aromatic nitrogens is 4. The molecule has 0 spiro atoms. The third-order valence-corrected chi connectivity index (χ3v) is 5.41. The number of carbonyl (C=O) groups excluding carboxylic acids is 1. The Morgan fingerprint density at radius 2 is 1.87 bits per heavy atom. The molecule has 0 fully saturated rings. The number of benzene rings is 2. The number of amides is 1. The number of rotatable bonds is 4. The highest BCUT2D eigenvalue weighted by Gasteiger charge is 2.16. The van der Waals surface area contributed by atoms with Crippen LogP contribution < -0.4 is 11.1 Å². The van der Waals surface area contributed by atoms with Crippen LogP contribution in [-0.2, 0) is 24.3 Å². The van der Waals surface area contributed by atoms with Gasteiger partial charge in [-0.25, -0.2) is 4.79 Å². The third-order valence-electron chi connectivity index (χ3n) is 5.41. The standard InChI is InChI=1S/C22H21N5O3/c28-20(14-27-17-6-3-4-7-18(17)30-22(27)29)23-16-11-9-15(10-12-16)21-25-24-19-8-2-1-5-13-26(19)21/h3-4,6-7,9-12H,1-2,5,8,13-14H2,(H,23,28). The minimum absolute atomic E-state index is 0.116. The van der Waals surface area contributed by atoms with Crippen LogP contribution in [-0.4, -0.2) is 25.2 Å². The average Bonchev–Trinajstić information content (AvgIpc) is 3.20. The molecule has 152 valence electrons. The summed E-state index contributed by atoms with van der Waals surface area (Å²) in [6.07, 6.45) is 4.46. The van der Waals surface area contributed by atoms with Gasteiger partial charge in [-0.2, -0.15) is 0 Å². The summed E-state index contributed by atoms with van der Waals surface area (Å²) in [5.74, 6) is 1.06. The van der Waals surface area contributed by atoms with Crippen molar-refractivity contribution in [1.82, 2.24) is 19.3 Å². The van der Waals surface area contributed by atoms with Gasteiger partial charge in [-0.15, -0.1) is 10.2 Å². The van der Waals surface area contributed by atoms with E-state index >= 15 is 0 Å². The summed E-state index contributed by atoms with van der Waals surface area (Å²) < 4.78 is 8.69. The van der Waals surface area contributed by atoms with Crippen LogP contribution in [0.15, 0.2) is 57.7 Å². The van der Waals surface area contributed by atoms with E-state index < -0.39 is 5.76 Å². The molecule has 5 rings (SSSR count). The summed E-state index contributed by atoms with van der Waals surface area (Å²) in [6, 6.07) is 14.6. The maximum Gasteiger partial charge on any atom is 0.420 e. The molecular formula is C22H21N5O3. The van der Waals surface area contributed by atoms with Crippen molar-refractivity contribution < 1.29 is 9.21 Å². The van der Waals surface area contributed by atoms with E-state index in [9.17, 15) is 9.59 Å². The summed E-state index contributed by atoms with van der Waals surface area (Å²) in [7, 11) is 0. The quantitative estimate of drug-likeness (QED) is 0.565. The number of hydrogen-bond acceptors (Lipinski definition) is 5. The number of oxazole rings is 1. The van der Waals surface area contributed by atoms with Crippen molar-refractivity contribution in [3.63, 3.8) is 0 Å². The van der Waals surface area contributed by atoms with Gasteiger partial charge < -0.3 is 14.3 Å². The van der Waals surface area contributed by atoms with Crippen LogP contribution in [0.4, 0.5) is 5.69 Å². The van der Waals surface area contributed by atoms with Gasteiger partial charge in [-0.1, -0.05) is 18.6 Å². The Morgan fingerprint density at radius 1 is 1.03 bits per heavy atom. The predicted octanol–water partition coefficient (Wildman–Crippen LogP) is 3.22. The molecule has 1 N–H and O–H groups in total. The smallest absolute Gasteiger partial charge is 0.408 e. The molecule has 0 bridgehead atoms. The maximum absolute atomic E-state index is 12.5. The van der Waals surface area contributed by atoms with E-state index in [0.29, 0.717) is 16.8 Å². The first-order valence-electron chi connectivity index (χ1n) is 10.1. The van der Waals surface area contributed by atoms with Gasteiger partial charge in [0, 0.05) is 24.2 Å². The van der Waals surface area contributed by atoms with Gasteiger partial charge in [0.05, 0.1) is 5.52 Å². The van der Waals surface area contributed by atoms with Crippen LogP contribution >= 0.6 is 0 Å². The number of anilines is 1. The summed E-state index contributed by atoms with van der Waals surface area (Å²) >= 11 is 0. The zero-order valence-corrected chi connectivity index (χ0v) is 16.4. The fraction of sp³-hybridized carbons (Fsp3) is 0.273. The number of para-hydroxylation sites is 2. The lowest BCUT2D eigenvalue weighted by Crippen LogP contribution is -2.24. The van der Waals surface area contributed by atoms with Crippen molar-refractivity contribution in [2.24, 2.45) is 0 Å². The Morgan fingerprint density at radius 3 is 2.73 bits per heavy atom. The molecule has 2 aromatic carbocycles. The van der Waals surface area contributed by atoms with Crippen LogP contribution in [0, 0.1) is 0 Å². The number of nitrogens with zero attached hydrogens (tertiary/aromatic N) is 4. The molecule has 30 heavy (non-hydrogen) atoms. The molecule has 3 heterocycles. The van der Waals surface area contributed by atoms with Crippen LogP contribution in [0.25, 0.3) is 22.5 Å². The lowest BCUT2D eigenvalue weighted by atomic mass is 10.2. The zero-order chi connectivity index (χ0) is 20.5. The Labute approximate surface area is 172 Å². The van der Waals surface area contributed by atoms with Crippen LogP contribution in [0.1, 0.15) is 25.1 Å². The molecule has 8 heteroatoms. The maximum atomic E-state index is 12.5. The first-order valence-corrected chi connectivity index (χ1v) is 10.1. The molecule has 1 aliphatic heterocycles. The highest BCUT2D eigenvalue weighted by atomic mass is 16.4. The van der Waals surface area contributed by atoms with Gasteiger partial charge in [0.1, 0.15) is 12.4 Å². The van der Waals surface area contributed by atoms with Gasteiger partial charge in [0.25, 0.3) is 0 Å². The zero-order valence-electron chi connectivity index (χ0n) is 16.4. The van der Waals surface area contributed by atoms with Gasteiger partial charge in [-0.05, 0) is 49.2 Å². The topological polar surface area (TPSA) is 94.9 Å². The van der Waals surface area contributed by atoms with Crippen molar-refractivity contribution in [2.75, 3.05) is 5.32 Å². The molecule has 1 amide bonds. The molecule has 2 aromatic heterocycles. The second kappa shape index (κ2) is 7.62. The Kier molecular flexibility index (Phi) is 4.66. The lowest BCUT2D eigenvalue weighted by Gasteiger charge is -2.09. The molecule has 1 aliphatic rings. The van der Waals surface area contributed by atoms with Crippen LogP contribution in [0.2, 0.25) is 0 Å². The molecule has 0 saturated heterocycles. The number of hydrogen-bond donors (Lipinski definition) is 1. The van der Waals surface area contributed by atoms with Gasteiger partial charge in [-0.3, -0.25) is 9.36 Å². The molecule has 0 radical (unpaired) electrons. The minimum Gasteiger partial charge on any atom is -0.408 e. The fourth-order valence-corrected chi connectivity index (χ4v) is 3.91. The Bertz CT molecular complexity index is 1270. The number of carbonyl (C=O) groups is 1. The summed E-state index contributed by atoms with van der Waals surface area (Å²) in [6.45, 7) is 0.818. The van der Waals surface area contributed by atoms with Gasteiger partial charge in [0.2, 0.25) is 5.91 Å². The van der Waals surface area contributed by atoms with Crippen molar-refractivity contribution in [3.05, 3.63) is 64.9 Å². The molecule has 0 aliphatic carbocycles. The van der Waals surface area contributed by atoms with E-state index in [1.54, 1.807) is 24.3 Å². The first-order chi connectivity index (χ1) is 14.7. The summed E-state index contributed by atoms with van der Waals surface area (Å²) in [4.78, 5) is 24.5. The van der Waals surface area contributed by atoms with E-state index in [4.69, 9.17) is 4.42 Å². The second-order valence-electron chi connectivity index (χ2n) is 7.45. The average molecular weight is 403 g/mol. The molecule has 4 aromatic rings. The van der Waals surface area contributed by atoms with E-state index in [1.165, 1.54) is 11.0 Å². The molecule has 0 saturated carbocycles. The van der Waals surface area contributed by atoms with Crippen LogP contribution in [0.5, 0.6) is 0 Å². The molecule has 0 atom stereocenters. The highest BCUT2D eigenvalue weighted by molar-refractivity contribution is 5.91. The fourth-order valence-electron chi connectivity index (χ4n) is 3.91. The van der Waals surface area contributed by atoms with Crippen molar-refractivity contribution in [3.8, 4) is 11.4 Å². The largest absolute Gasteiger partial charge is 0.420 e. The number of aryl methyl sites for hydroxylation is 1. The second-order valence-corrected chi connectivity index (χ2v) is 7.45. The highest BCUT2D eigenvalue weighted by Crippen LogP contribution is 2.24. The first kappa shape index (κ1) is 18.4. The lowest BCUT2D eigenvalue weighted by molar-refractivity contribution is -0.116. The monoisotopic (exact) mass is 403 g/mol. The van der Waals surface area contributed by atoms with E-state index in [0.717, 1.165) is 43.0 Å². The Hall–Kier alpha value is -3.68. The van der Waals surface area contributed by atoms with Crippen LogP contribution in [0.3, 0.4) is 0 Å². The van der Waals surface area contributed by atoms with Gasteiger partial charge >= 0.3 is 5.76 Å². The van der Waals surface area contributed by atoms with E-state index in [-0.39, 0.29) is 12.5 Å². The summed E-state index contributed by atoms with van der Waals surface area (Å²) in [5, 5.41) is 11.5. The SMILES string of the molecule is O=C(Cn1c(=O)oc2ccccc21)Nc1ccc(-c2nnc3n2CCCCC3)cc1. The van der Waals surface area contributed by atoms with Crippen molar-refractivity contribution in [2.45, 2.75) is 38.8 Å². The third kappa shape index (κ3) is 3.41. The molecule has 0 unspecified atom stereocenters. The van der Waals surface area contributed by atoms with Gasteiger partial charge in [0.15, 0.2) is 11.4 Å². The van der Waals surface area contributed by atoms with E-state index in [2.05, 4.69) is 20.1 Å². The van der Waals surface area contributed by atoms with Crippen molar-refractivity contribution in [1.29, 1.82) is 0 Å². The number of nitrogens with one attached hydrogen (secondary N) is 1. The number of fused-ring (bicyclic) bond motifs is 2. The predicted molar refractivity (Wildman–Crippen MR) is 112 cm³/mol. The Balaban J connectivity index is 1.32. The van der Waals surface area contributed by atoms with E-state index in [1.807, 2.05) is 24.3 Å². The normalized spacial score (nSPS) is 13.7. The summed E-state index contributed by atoms with van der Waals surface area (Å²) in [5.41, 5.74) is 2.68. The minimum atomic E-state index is -0.547.